The summed E-state index contributed by atoms with van der Waals surface area (Å²) in [6.45, 7) is 35.4. The summed E-state index contributed by atoms with van der Waals surface area (Å²) in [4.78, 5) is 21.1. The molecule has 57 heavy (non-hydrogen) atoms. The predicted molar refractivity (Wildman–Crippen MR) is 254 cm³/mol. The van der Waals surface area contributed by atoms with Crippen LogP contribution in [-0.2, 0) is 32.1 Å². The molecule has 0 atom stereocenters. The molecule has 4 aromatic carbocycles. The molecule has 0 saturated heterocycles. The molecule has 4 aromatic rings. The molecular weight excluding hydrogens is 693 g/mol. The first-order chi connectivity index (χ1) is 27.0. The van der Waals surface area contributed by atoms with Crippen LogP contribution in [0.1, 0.15) is 190 Å². The van der Waals surface area contributed by atoms with E-state index in [4.69, 9.17) is 20.0 Å². The number of para-hydroxylation sites is 2. The van der Waals surface area contributed by atoms with E-state index in [1.54, 1.807) is 0 Å². The highest BCUT2D eigenvalue weighted by atomic mass is 14.8. The number of hydrogen-bond acceptors (Lipinski definition) is 4. The average Bonchev–Trinajstić information content (AvgIpc) is 3.17. The Hall–Kier alpha value is -4.44. The van der Waals surface area contributed by atoms with E-state index < -0.39 is 0 Å². The third-order valence-electron chi connectivity index (χ3n) is 11.4. The topological polar surface area (TPSA) is 49.4 Å². The van der Waals surface area contributed by atoms with Gasteiger partial charge in [0.1, 0.15) is 0 Å². The largest absolute Gasteiger partial charge is 0.251 e. The van der Waals surface area contributed by atoms with Crippen LogP contribution in [0.3, 0.4) is 0 Å². The van der Waals surface area contributed by atoms with Crippen molar-refractivity contribution in [3.8, 4) is 0 Å². The molecule has 0 radical (unpaired) electrons. The minimum atomic E-state index is 0.397. The Bertz CT molecular complexity index is 1900. The van der Waals surface area contributed by atoms with Crippen LogP contribution >= 0.6 is 0 Å². The molecule has 0 bridgehead atoms. The smallest absolute Gasteiger partial charge is 0.0702 e. The van der Waals surface area contributed by atoms with E-state index >= 15 is 0 Å². The van der Waals surface area contributed by atoms with E-state index in [1.165, 1.54) is 55.6 Å². The van der Waals surface area contributed by atoms with Crippen molar-refractivity contribution >= 4 is 45.6 Å². The van der Waals surface area contributed by atoms with Crippen LogP contribution in [0.2, 0.25) is 0 Å². The minimum absolute atomic E-state index is 0.397. The second kappa shape index (κ2) is 20.3. The Balaban J connectivity index is 1.72. The molecule has 0 N–H and O–H groups in total. The second-order valence-corrected chi connectivity index (χ2v) is 17.1. The van der Waals surface area contributed by atoms with Gasteiger partial charge in [0.2, 0.25) is 0 Å². The van der Waals surface area contributed by atoms with E-state index in [2.05, 4.69) is 171 Å². The molecule has 0 fully saturated rings. The maximum absolute atomic E-state index is 5.32. The van der Waals surface area contributed by atoms with Crippen LogP contribution in [0.4, 0.5) is 22.7 Å². The molecule has 4 rings (SSSR count). The van der Waals surface area contributed by atoms with Gasteiger partial charge in [0, 0.05) is 0 Å². The maximum Gasteiger partial charge on any atom is 0.0702 e. The standard InChI is InChI=1S/C53H72N4/c1-17-42-28-40(29-43(18-2)50(42)54-36(13)38(15)56-52-46(32(5)6)23-21-24-47(52)33(7)8)27-41-30-44(19-3)51(45(20-4)31-41)55-37(14)39(16)57-53-48(34(9)10)25-22-26-49(53)35(11)12/h21-26,28-35H,17-20,27H2,1-16H3. The van der Waals surface area contributed by atoms with Crippen molar-refractivity contribution in [2.75, 3.05) is 0 Å². The van der Waals surface area contributed by atoms with Crippen molar-refractivity contribution in [1.29, 1.82) is 0 Å². The Labute approximate surface area is 347 Å². The zero-order valence-electron chi connectivity index (χ0n) is 38.4. The van der Waals surface area contributed by atoms with Crippen molar-refractivity contribution in [3.05, 3.63) is 116 Å². The highest BCUT2D eigenvalue weighted by molar-refractivity contribution is 6.42. The van der Waals surface area contributed by atoms with Gasteiger partial charge < -0.3 is 0 Å². The van der Waals surface area contributed by atoms with E-state index in [1.807, 2.05) is 0 Å². The number of aliphatic imine (C=N–C) groups is 4. The Kier molecular flexibility index (Phi) is 16.1. The number of hydrogen-bond donors (Lipinski definition) is 0. The number of rotatable bonds is 16. The van der Waals surface area contributed by atoms with Gasteiger partial charge in [0.05, 0.1) is 45.6 Å². The van der Waals surface area contributed by atoms with Crippen LogP contribution in [0.5, 0.6) is 0 Å². The molecule has 0 aromatic heterocycles. The summed E-state index contributed by atoms with van der Waals surface area (Å²) >= 11 is 0. The lowest BCUT2D eigenvalue weighted by molar-refractivity contribution is 0.834. The second-order valence-electron chi connectivity index (χ2n) is 17.1. The lowest BCUT2D eigenvalue weighted by Gasteiger charge is -2.18. The highest BCUT2D eigenvalue weighted by Crippen LogP contribution is 2.37. The molecule has 304 valence electrons. The minimum Gasteiger partial charge on any atom is -0.251 e. The lowest BCUT2D eigenvalue weighted by Crippen LogP contribution is -2.07. The summed E-state index contributed by atoms with van der Waals surface area (Å²) in [5.41, 5.74) is 21.3. The molecule has 0 aliphatic heterocycles. The van der Waals surface area contributed by atoms with E-state index in [-0.39, 0.29) is 0 Å². The van der Waals surface area contributed by atoms with Crippen LogP contribution < -0.4 is 0 Å². The van der Waals surface area contributed by atoms with E-state index in [0.29, 0.717) is 23.7 Å². The molecule has 0 spiro atoms. The Morgan fingerprint density at radius 1 is 0.386 bits per heavy atom. The van der Waals surface area contributed by atoms with Crippen molar-refractivity contribution in [2.24, 2.45) is 20.0 Å². The molecule has 4 heteroatoms. The van der Waals surface area contributed by atoms with E-state index in [0.717, 1.165) is 77.7 Å². The molecule has 0 unspecified atom stereocenters. The number of aryl methyl sites for hydroxylation is 4. The highest BCUT2D eigenvalue weighted by Gasteiger charge is 2.18. The monoisotopic (exact) mass is 765 g/mol. The lowest BCUT2D eigenvalue weighted by atomic mass is 9.92. The van der Waals surface area contributed by atoms with Crippen LogP contribution in [0.15, 0.2) is 80.6 Å². The van der Waals surface area contributed by atoms with Gasteiger partial charge in [-0.1, -0.05) is 144 Å². The first-order valence-corrected chi connectivity index (χ1v) is 21.8. The van der Waals surface area contributed by atoms with Crippen LogP contribution in [0.25, 0.3) is 0 Å². The SMILES string of the molecule is CCc1cc(Cc2cc(CC)c(N=C(C)C(C)=Nc3c(C(C)C)cccc3C(C)C)c(CC)c2)cc(CC)c1N=C(C)C(C)=Nc1c(C(C)C)cccc1C(C)C. The summed E-state index contributed by atoms with van der Waals surface area (Å²) in [6, 6.07) is 22.8. The normalized spacial score (nSPS) is 13.3. The zero-order chi connectivity index (χ0) is 42.1. The third kappa shape index (κ3) is 10.9. The van der Waals surface area contributed by atoms with Gasteiger partial charge in [-0.3, -0.25) is 20.0 Å². The Morgan fingerprint density at radius 3 is 0.825 bits per heavy atom. The maximum atomic E-state index is 5.32. The van der Waals surface area contributed by atoms with Crippen molar-refractivity contribution < 1.29 is 0 Å². The van der Waals surface area contributed by atoms with Gasteiger partial charge in [-0.05, 0) is 139 Å². The fraction of sp³-hybridized carbons (Fsp3) is 0.472. The fourth-order valence-electron chi connectivity index (χ4n) is 7.75. The van der Waals surface area contributed by atoms with Gasteiger partial charge in [-0.25, -0.2) is 0 Å². The van der Waals surface area contributed by atoms with Crippen molar-refractivity contribution in [2.45, 2.75) is 167 Å². The summed E-state index contributed by atoms with van der Waals surface area (Å²) in [5, 5.41) is 0. The molecule has 0 amide bonds. The third-order valence-corrected chi connectivity index (χ3v) is 11.4. The zero-order valence-corrected chi connectivity index (χ0v) is 38.4. The quantitative estimate of drug-likeness (QED) is 0.102. The summed E-state index contributed by atoms with van der Waals surface area (Å²) in [6.07, 6.45) is 4.56. The van der Waals surface area contributed by atoms with Crippen LogP contribution in [0, 0.1) is 0 Å². The van der Waals surface area contributed by atoms with Gasteiger partial charge in [-0.2, -0.15) is 0 Å². The molecular formula is C53H72N4. The molecule has 0 saturated carbocycles. The van der Waals surface area contributed by atoms with E-state index in [9.17, 15) is 0 Å². The van der Waals surface area contributed by atoms with Gasteiger partial charge in [0.15, 0.2) is 0 Å². The van der Waals surface area contributed by atoms with Gasteiger partial charge >= 0.3 is 0 Å². The van der Waals surface area contributed by atoms with Crippen molar-refractivity contribution in [1.82, 2.24) is 0 Å². The fourth-order valence-corrected chi connectivity index (χ4v) is 7.75. The summed E-state index contributed by atoms with van der Waals surface area (Å²) in [5.74, 6) is 1.59. The first kappa shape index (κ1) is 45.3. The van der Waals surface area contributed by atoms with Crippen molar-refractivity contribution in [3.63, 3.8) is 0 Å². The molecule has 0 heterocycles. The molecule has 0 aliphatic carbocycles. The molecule has 0 aliphatic rings. The Morgan fingerprint density at radius 2 is 0.614 bits per heavy atom. The summed E-state index contributed by atoms with van der Waals surface area (Å²) < 4.78 is 0. The number of benzene rings is 4. The first-order valence-electron chi connectivity index (χ1n) is 21.8. The predicted octanol–water partition coefficient (Wildman–Crippen LogP) is 15.8. The molecule has 4 nitrogen and oxygen atoms in total. The average molecular weight is 765 g/mol. The van der Waals surface area contributed by atoms with Gasteiger partial charge in [0.25, 0.3) is 0 Å². The summed E-state index contributed by atoms with van der Waals surface area (Å²) in [7, 11) is 0. The number of nitrogens with zero attached hydrogens (tertiary/aromatic N) is 4. The van der Waals surface area contributed by atoms with Crippen LogP contribution in [-0.4, -0.2) is 22.8 Å². The van der Waals surface area contributed by atoms with Gasteiger partial charge in [-0.15, -0.1) is 0 Å².